The Morgan fingerprint density at radius 1 is 1.00 bits per heavy atom. The molecule has 0 radical (unpaired) electrons. The molecule has 0 spiro atoms. The third-order valence-electron chi connectivity index (χ3n) is 6.23. The Bertz CT molecular complexity index is 906. The second kappa shape index (κ2) is 9.96. The minimum absolute atomic E-state index is 0.0152. The van der Waals surface area contributed by atoms with E-state index in [1.165, 1.54) is 0 Å². The van der Waals surface area contributed by atoms with Gasteiger partial charge in [0.05, 0.1) is 13.0 Å². The lowest BCUT2D eigenvalue weighted by Gasteiger charge is -2.35. The Labute approximate surface area is 183 Å². The molecular weight excluding hydrogens is 392 g/mol. The summed E-state index contributed by atoms with van der Waals surface area (Å²) in [6.07, 6.45) is 3.24. The first-order chi connectivity index (χ1) is 15.1. The van der Waals surface area contributed by atoms with Crippen molar-refractivity contribution in [3.63, 3.8) is 0 Å². The minimum atomic E-state index is -0.171. The first kappa shape index (κ1) is 21.4. The Kier molecular flexibility index (Phi) is 6.87. The van der Waals surface area contributed by atoms with Crippen molar-refractivity contribution in [1.82, 2.24) is 4.90 Å². The van der Waals surface area contributed by atoms with Gasteiger partial charge in [0.1, 0.15) is 5.75 Å². The summed E-state index contributed by atoms with van der Waals surface area (Å²) < 4.78 is 10.7. The predicted molar refractivity (Wildman–Crippen MR) is 120 cm³/mol. The summed E-state index contributed by atoms with van der Waals surface area (Å²) in [6, 6.07) is 15.7. The molecule has 6 nitrogen and oxygen atoms in total. The van der Waals surface area contributed by atoms with Gasteiger partial charge in [-0.25, -0.2) is 0 Å². The van der Waals surface area contributed by atoms with E-state index in [1.807, 2.05) is 53.4 Å². The van der Waals surface area contributed by atoms with E-state index in [0.29, 0.717) is 19.8 Å². The van der Waals surface area contributed by atoms with E-state index in [-0.39, 0.29) is 23.7 Å². The van der Waals surface area contributed by atoms with Crippen LogP contribution in [0.5, 0.6) is 5.75 Å². The van der Waals surface area contributed by atoms with Crippen molar-refractivity contribution in [3.05, 3.63) is 48.5 Å². The molecule has 4 rings (SSSR count). The smallest absolute Gasteiger partial charge is 0.229 e. The maximum Gasteiger partial charge on any atom is 0.229 e. The summed E-state index contributed by atoms with van der Waals surface area (Å²) in [4.78, 5) is 27.6. The molecule has 31 heavy (non-hydrogen) atoms. The number of hydrogen-bond acceptors (Lipinski definition) is 4. The summed E-state index contributed by atoms with van der Waals surface area (Å²) >= 11 is 0. The van der Waals surface area contributed by atoms with Crippen LogP contribution in [0.3, 0.4) is 0 Å². The zero-order chi connectivity index (χ0) is 21.6. The number of hydrogen-bond donors (Lipinski definition) is 1. The average Bonchev–Trinajstić information content (AvgIpc) is 2.84. The second-order valence-corrected chi connectivity index (χ2v) is 8.31. The van der Waals surface area contributed by atoms with E-state index in [0.717, 1.165) is 54.8 Å². The van der Waals surface area contributed by atoms with E-state index in [1.54, 1.807) is 7.11 Å². The zero-order valence-corrected chi connectivity index (χ0v) is 18.0. The fourth-order valence-electron chi connectivity index (χ4n) is 4.39. The van der Waals surface area contributed by atoms with Crippen molar-refractivity contribution < 1.29 is 19.1 Å². The quantitative estimate of drug-likeness (QED) is 0.792. The van der Waals surface area contributed by atoms with Crippen molar-refractivity contribution in [2.45, 2.75) is 25.7 Å². The lowest BCUT2D eigenvalue weighted by atomic mass is 9.93. The number of benzene rings is 2. The van der Waals surface area contributed by atoms with Gasteiger partial charge in [-0.05, 0) is 61.1 Å². The molecule has 0 aromatic heterocycles. The van der Waals surface area contributed by atoms with Crippen molar-refractivity contribution in [2.75, 3.05) is 38.7 Å². The van der Waals surface area contributed by atoms with Gasteiger partial charge in [-0.15, -0.1) is 0 Å². The predicted octanol–water partition coefficient (Wildman–Crippen LogP) is 3.97. The highest BCUT2D eigenvalue weighted by Gasteiger charge is 2.32. The highest BCUT2D eigenvalue weighted by atomic mass is 16.5. The largest absolute Gasteiger partial charge is 0.497 e. The van der Waals surface area contributed by atoms with Gasteiger partial charge in [0.2, 0.25) is 11.8 Å². The first-order valence-corrected chi connectivity index (χ1v) is 11.1. The maximum atomic E-state index is 12.9. The van der Waals surface area contributed by atoms with Gasteiger partial charge in [0.25, 0.3) is 0 Å². The molecule has 2 amide bonds. The van der Waals surface area contributed by atoms with E-state index >= 15 is 0 Å². The van der Waals surface area contributed by atoms with Crippen LogP contribution in [0, 0.1) is 11.8 Å². The van der Waals surface area contributed by atoms with Crippen LogP contribution in [-0.2, 0) is 14.3 Å². The fourth-order valence-corrected chi connectivity index (χ4v) is 4.39. The number of carbonyl (C=O) groups is 2. The van der Waals surface area contributed by atoms with Crippen molar-refractivity contribution in [2.24, 2.45) is 11.8 Å². The summed E-state index contributed by atoms with van der Waals surface area (Å²) in [5, 5.41) is 3.03. The molecule has 1 N–H and O–H groups in total. The van der Waals surface area contributed by atoms with E-state index in [4.69, 9.17) is 9.47 Å². The van der Waals surface area contributed by atoms with Crippen LogP contribution in [0.4, 0.5) is 5.69 Å². The Balaban J connectivity index is 1.35. The maximum absolute atomic E-state index is 12.9. The number of nitrogens with zero attached hydrogens (tertiary/aromatic N) is 1. The molecule has 0 aliphatic carbocycles. The van der Waals surface area contributed by atoms with E-state index in [9.17, 15) is 9.59 Å². The number of amides is 2. The van der Waals surface area contributed by atoms with Crippen molar-refractivity contribution in [1.29, 1.82) is 0 Å². The summed E-state index contributed by atoms with van der Waals surface area (Å²) in [5.74, 6) is 0.851. The van der Waals surface area contributed by atoms with Gasteiger partial charge in [-0.2, -0.15) is 0 Å². The topological polar surface area (TPSA) is 67.9 Å². The number of rotatable bonds is 5. The second-order valence-electron chi connectivity index (χ2n) is 8.31. The van der Waals surface area contributed by atoms with Crippen LogP contribution in [0.25, 0.3) is 11.1 Å². The monoisotopic (exact) mass is 422 g/mol. The number of methoxy groups -OCH3 is 1. The zero-order valence-electron chi connectivity index (χ0n) is 18.0. The summed E-state index contributed by atoms with van der Waals surface area (Å²) in [5.41, 5.74) is 2.89. The van der Waals surface area contributed by atoms with Gasteiger partial charge >= 0.3 is 0 Å². The lowest BCUT2D eigenvalue weighted by molar-refractivity contribution is -0.141. The van der Waals surface area contributed by atoms with Crippen molar-refractivity contribution in [3.8, 4) is 16.9 Å². The van der Waals surface area contributed by atoms with Crippen LogP contribution >= 0.6 is 0 Å². The Hall–Kier alpha value is -2.86. The lowest BCUT2D eigenvalue weighted by Crippen LogP contribution is -2.46. The van der Waals surface area contributed by atoms with Gasteiger partial charge in [0, 0.05) is 37.9 Å². The van der Waals surface area contributed by atoms with Gasteiger partial charge in [-0.3, -0.25) is 9.59 Å². The van der Waals surface area contributed by atoms with Gasteiger partial charge < -0.3 is 19.7 Å². The molecule has 0 saturated carbocycles. The van der Waals surface area contributed by atoms with Crippen molar-refractivity contribution >= 4 is 17.5 Å². The molecule has 2 aromatic rings. The molecule has 2 aromatic carbocycles. The third kappa shape index (κ3) is 5.25. The van der Waals surface area contributed by atoms with Crippen LogP contribution in [-0.4, -0.2) is 50.1 Å². The SMILES string of the molecule is COc1cccc(-c2ccc(NC(=O)[C@H]3CCCN(C(=O)C4CCOCC4)C3)cc2)c1. The number of carbonyl (C=O) groups excluding carboxylic acids is 2. The Morgan fingerprint density at radius 2 is 1.77 bits per heavy atom. The van der Waals surface area contributed by atoms with E-state index < -0.39 is 0 Å². The minimum Gasteiger partial charge on any atom is -0.497 e. The molecule has 2 saturated heterocycles. The molecule has 0 bridgehead atoms. The van der Waals surface area contributed by atoms with Gasteiger partial charge in [-0.1, -0.05) is 24.3 Å². The number of ether oxygens (including phenoxy) is 2. The van der Waals surface area contributed by atoms with Crippen LogP contribution in [0.1, 0.15) is 25.7 Å². The molecule has 2 heterocycles. The Morgan fingerprint density at radius 3 is 2.52 bits per heavy atom. The number of likely N-dealkylation sites (tertiary alicyclic amines) is 1. The van der Waals surface area contributed by atoms with Crippen LogP contribution in [0.2, 0.25) is 0 Å². The van der Waals surface area contributed by atoms with Crippen LogP contribution in [0.15, 0.2) is 48.5 Å². The molecule has 6 heteroatoms. The number of nitrogens with one attached hydrogen (secondary N) is 1. The number of piperidine rings is 1. The average molecular weight is 423 g/mol. The normalized spacial score (nSPS) is 19.6. The standard InChI is InChI=1S/C25H30N2O4/c1-30-23-6-2-4-20(16-23)18-7-9-22(10-8-18)26-24(28)21-5-3-13-27(17-21)25(29)19-11-14-31-15-12-19/h2,4,6-10,16,19,21H,3,5,11-15,17H2,1H3,(H,26,28)/t21-/m0/s1. The summed E-state index contributed by atoms with van der Waals surface area (Å²) in [7, 11) is 1.65. The molecule has 2 aliphatic rings. The third-order valence-corrected chi connectivity index (χ3v) is 6.23. The van der Waals surface area contributed by atoms with Crippen LogP contribution < -0.4 is 10.1 Å². The molecule has 0 unspecified atom stereocenters. The molecule has 2 fully saturated rings. The molecule has 2 aliphatic heterocycles. The first-order valence-electron chi connectivity index (χ1n) is 11.1. The number of anilines is 1. The van der Waals surface area contributed by atoms with E-state index in [2.05, 4.69) is 5.32 Å². The fraction of sp³-hybridized carbons (Fsp3) is 0.440. The highest BCUT2D eigenvalue weighted by Crippen LogP contribution is 2.27. The van der Waals surface area contributed by atoms with Gasteiger partial charge in [0.15, 0.2) is 0 Å². The molecule has 164 valence electrons. The summed E-state index contributed by atoms with van der Waals surface area (Å²) in [6.45, 7) is 2.55. The highest BCUT2D eigenvalue weighted by molar-refractivity contribution is 5.93. The molecular formula is C25H30N2O4. The molecule has 1 atom stereocenters.